The van der Waals surface area contributed by atoms with Gasteiger partial charge in [0.2, 0.25) is 0 Å². The highest BCUT2D eigenvalue weighted by atomic mass is 16.6. The maximum Gasteiger partial charge on any atom is 0.269 e. The number of allylic oxidation sites excluding steroid dienone is 1. The molecule has 1 amide bonds. The van der Waals surface area contributed by atoms with Crippen LogP contribution in [0, 0.1) is 21.4 Å². The molecule has 7 heteroatoms. The molecule has 0 heterocycles. The van der Waals surface area contributed by atoms with Crippen LogP contribution >= 0.6 is 0 Å². The molecule has 0 aliphatic carbocycles. The number of carbonyl (C=O) groups excluding carboxylic acids is 1. The van der Waals surface area contributed by atoms with Crippen molar-refractivity contribution in [2.24, 2.45) is 5.73 Å². The number of nitrogens with zero attached hydrogens (tertiary/aromatic N) is 2. The Hall–Kier alpha value is -3.66. The Labute approximate surface area is 137 Å². The van der Waals surface area contributed by atoms with Gasteiger partial charge in [0.1, 0.15) is 5.75 Å². The summed E-state index contributed by atoms with van der Waals surface area (Å²) in [6, 6.07) is 14.6. The van der Waals surface area contributed by atoms with Crippen molar-refractivity contribution < 1.29 is 14.5 Å². The zero-order valence-electron chi connectivity index (χ0n) is 12.5. The third-order valence-corrected chi connectivity index (χ3v) is 3.06. The first-order chi connectivity index (χ1) is 11.5. The summed E-state index contributed by atoms with van der Waals surface area (Å²) in [5.41, 5.74) is 6.57. The quantitative estimate of drug-likeness (QED) is 0.379. The van der Waals surface area contributed by atoms with Crippen LogP contribution in [0.2, 0.25) is 0 Å². The number of primary amides is 1. The first-order valence-corrected chi connectivity index (χ1v) is 6.87. The molecule has 0 atom stereocenters. The van der Waals surface area contributed by atoms with Gasteiger partial charge in [0.05, 0.1) is 16.6 Å². The molecule has 0 saturated heterocycles. The molecule has 0 aromatic heterocycles. The Morgan fingerprint density at radius 1 is 1.29 bits per heavy atom. The zero-order valence-corrected chi connectivity index (χ0v) is 12.5. The van der Waals surface area contributed by atoms with Gasteiger partial charge in [-0.05, 0) is 41.5 Å². The average Bonchev–Trinajstić information content (AvgIpc) is 2.58. The minimum atomic E-state index is -0.584. The lowest BCUT2D eigenvalue weighted by molar-refractivity contribution is -0.384. The number of amides is 1. The molecule has 24 heavy (non-hydrogen) atoms. The topological polar surface area (TPSA) is 119 Å². The van der Waals surface area contributed by atoms with E-state index in [1.165, 1.54) is 24.3 Å². The number of hydrogen-bond donors (Lipinski definition) is 1. The van der Waals surface area contributed by atoms with Crippen molar-refractivity contribution in [3.05, 3.63) is 69.8 Å². The highest BCUT2D eigenvalue weighted by molar-refractivity contribution is 5.89. The number of hydrogen-bond acceptors (Lipinski definition) is 5. The second kappa shape index (κ2) is 7.56. The number of nitro benzene ring substituents is 1. The van der Waals surface area contributed by atoms with E-state index in [0.29, 0.717) is 22.4 Å². The van der Waals surface area contributed by atoms with Crippen LogP contribution in [0.5, 0.6) is 5.75 Å². The number of non-ortho nitro benzene ring substituents is 1. The second-order valence-electron chi connectivity index (χ2n) is 4.80. The third-order valence-electron chi connectivity index (χ3n) is 3.06. The summed E-state index contributed by atoms with van der Waals surface area (Å²) < 4.78 is 5.21. The van der Waals surface area contributed by atoms with Gasteiger partial charge in [-0.25, -0.2) is 0 Å². The van der Waals surface area contributed by atoms with Gasteiger partial charge in [0, 0.05) is 12.1 Å². The molecular weight excluding hydrogens is 310 g/mol. The molecule has 0 aliphatic heterocycles. The van der Waals surface area contributed by atoms with Gasteiger partial charge in [-0.15, -0.1) is 0 Å². The molecule has 0 bridgehead atoms. The van der Waals surface area contributed by atoms with Gasteiger partial charge >= 0.3 is 0 Å². The first kappa shape index (κ1) is 16.7. The van der Waals surface area contributed by atoms with E-state index in [-0.39, 0.29) is 12.3 Å². The lowest BCUT2D eigenvalue weighted by Gasteiger charge is -2.05. The fourth-order valence-electron chi connectivity index (χ4n) is 1.96. The summed E-state index contributed by atoms with van der Waals surface area (Å²) in [5.74, 6) is -0.136. The van der Waals surface area contributed by atoms with E-state index in [9.17, 15) is 20.2 Å². The van der Waals surface area contributed by atoms with Gasteiger partial charge in [-0.3, -0.25) is 14.9 Å². The lowest BCUT2D eigenvalue weighted by atomic mass is 10.0. The van der Waals surface area contributed by atoms with Crippen molar-refractivity contribution in [3.8, 4) is 11.8 Å². The highest BCUT2D eigenvalue weighted by Gasteiger charge is 2.07. The smallest absolute Gasteiger partial charge is 0.269 e. The van der Waals surface area contributed by atoms with Crippen molar-refractivity contribution in [1.82, 2.24) is 0 Å². The predicted molar refractivity (Wildman–Crippen MR) is 87.7 cm³/mol. The van der Waals surface area contributed by atoms with Gasteiger partial charge in [-0.2, -0.15) is 5.26 Å². The number of ether oxygens (including phenoxy) is 1. The molecule has 2 rings (SSSR count). The Morgan fingerprint density at radius 3 is 2.58 bits per heavy atom. The Bertz CT molecular complexity index is 836. The molecule has 0 aliphatic rings. The van der Waals surface area contributed by atoms with Crippen LogP contribution in [-0.2, 0) is 4.79 Å². The second-order valence-corrected chi connectivity index (χ2v) is 4.80. The summed E-state index contributed by atoms with van der Waals surface area (Å²) >= 11 is 0. The van der Waals surface area contributed by atoms with Crippen molar-refractivity contribution in [2.45, 2.75) is 0 Å². The van der Waals surface area contributed by atoms with Crippen molar-refractivity contribution in [3.63, 3.8) is 0 Å². The van der Waals surface area contributed by atoms with Crippen LogP contribution in [0.4, 0.5) is 5.69 Å². The van der Waals surface area contributed by atoms with Crippen LogP contribution in [-0.4, -0.2) is 17.4 Å². The molecule has 7 nitrogen and oxygen atoms in total. The van der Waals surface area contributed by atoms with Crippen LogP contribution in [0.1, 0.15) is 11.1 Å². The zero-order chi connectivity index (χ0) is 17.5. The third kappa shape index (κ3) is 4.42. The van der Waals surface area contributed by atoms with E-state index in [1.807, 2.05) is 0 Å². The number of rotatable bonds is 6. The summed E-state index contributed by atoms with van der Waals surface area (Å²) in [7, 11) is 0. The van der Waals surface area contributed by atoms with E-state index >= 15 is 0 Å². The standard InChI is InChI=1S/C17H13N3O4/c18-10-14(13-4-6-15(7-5-13)20(22)23)8-12-2-1-3-16(9-12)24-11-17(19)21/h1-9H,11H2,(H2,19,21)/b14-8+. The number of carbonyl (C=O) groups is 1. The van der Waals surface area contributed by atoms with Gasteiger partial charge in [-0.1, -0.05) is 12.1 Å². The molecule has 2 aromatic carbocycles. The normalized spacial score (nSPS) is 10.7. The highest BCUT2D eigenvalue weighted by Crippen LogP contribution is 2.22. The van der Waals surface area contributed by atoms with E-state index in [4.69, 9.17) is 10.5 Å². The monoisotopic (exact) mass is 323 g/mol. The Morgan fingerprint density at radius 2 is 2.00 bits per heavy atom. The molecule has 0 spiro atoms. The molecule has 0 unspecified atom stereocenters. The number of benzene rings is 2. The number of nitriles is 1. The van der Waals surface area contributed by atoms with Crippen molar-refractivity contribution >= 4 is 23.2 Å². The average molecular weight is 323 g/mol. The summed E-state index contributed by atoms with van der Waals surface area (Å²) in [4.78, 5) is 20.9. The fourth-order valence-corrected chi connectivity index (χ4v) is 1.96. The largest absolute Gasteiger partial charge is 0.484 e. The molecule has 120 valence electrons. The van der Waals surface area contributed by atoms with E-state index < -0.39 is 10.8 Å². The maximum absolute atomic E-state index is 10.7. The molecule has 0 radical (unpaired) electrons. The van der Waals surface area contributed by atoms with Gasteiger partial charge in [0.15, 0.2) is 6.61 Å². The molecule has 0 saturated carbocycles. The first-order valence-electron chi connectivity index (χ1n) is 6.87. The number of nitrogens with two attached hydrogens (primary N) is 1. The van der Waals surface area contributed by atoms with E-state index in [0.717, 1.165) is 0 Å². The number of nitro groups is 1. The minimum absolute atomic E-state index is 0.0436. The Balaban J connectivity index is 2.27. The summed E-state index contributed by atoms with van der Waals surface area (Å²) in [6.07, 6.45) is 1.62. The SMILES string of the molecule is N#C/C(=C\c1cccc(OCC(N)=O)c1)c1ccc([N+](=O)[O-])cc1. The summed E-state index contributed by atoms with van der Waals surface area (Å²) in [5, 5.41) is 20.0. The maximum atomic E-state index is 10.7. The predicted octanol–water partition coefficient (Wildman–Crippen LogP) is 2.52. The van der Waals surface area contributed by atoms with Crippen LogP contribution in [0.3, 0.4) is 0 Å². The van der Waals surface area contributed by atoms with Crippen LogP contribution < -0.4 is 10.5 Å². The van der Waals surface area contributed by atoms with Gasteiger partial charge in [0.25, 0.3) is 11.6 Å². The van der Waals surface area contributed by atoms with Crippen molar-refractivity contribution in [1.29, 1.82) is 5.26 Å². The van der Waals surface area contributed by atoms with E-state index in [2.05, 4.69) is 6.07 Å². The molecular formula is C17H13N3O4. The van der Waals surface area contributed by atoms with Crippen molar-refractivity contribution in [2.75, 3.05) is 6.61 Å². The molecule has 0 fully saturated rings. The Kier molecular flexibility index (Phi) is 5.26. The molecule has 2 N–H and O–H groups in total. The molecule has 2 aromatic rings. The minimum Gasteiger partial charge on any atom is -0.484 e. The lowest BCUT2D eigenvalue weighted by Crippen LogP contribution is -2.19. The van der Waals surface area contributed by atoms with Gasteiger partial charge < -0.3 is 10.5 Å². The van der Waals surface area contributed by atoms with Crippen LogP contribution in [0.15, 0.2) is 48.5 Å². The van der Waals surface area contributed by atoms with E-state index in [1.54, 1.807) is 30.3 Å². The fraction of sp³-hybridized carbons (Fsp3) is 0.0588. The summed E-state index contributed by atoms with van der Waals surface area (Å²) in [6.45, 7) is -0.235. The van der Waals surface area contributed by atoms with Crippen LogP contribution in [0.25, 0.3) is 11.6 Å².